The van der Waals surface area contributed by atoms with Gasteiger partial charge in [-0.15, -0.1) is 24.8 Å². The highest BCUT2D eigenvalue weighted by Gasteiger charge is 2.26. The zero-order valence-electron chi connectivity index (χ0n) is 14.7. The Bertz CT molecular complexity index is 560. The van der Waals surface area contributed by atoms with E-state index in [-0.39, 0.29) is 36.9 Å². The Kier molecular flexibility index (Phi) is 10.2. The summed E-state index contributed by atoms with van der Waals surface area (Å²) in [5, 5.41) is 0. The summed E-state index contributed by atoms with van der Waals surface area (Å²) >= 11 is 0. The molecule has 4 nitrogen and oxygen atoms in total. The molecule has 4 rings (SSSR count). The topological polar surface area (TPSA) is 70.5 Å². The Morgan fingerprint density at radius 3 is 1.19 bits per heavy atom. The lowest BCUT2D eigenvalue weighted by Crippen LogP contribution is -2.26. The first-order valence-electron chi connectivity index (χ1n) is 8.52. The minimum Gasteiger partial charge on any atom is -0.379 e. The van der Waals surface area contributed by atoms with E-state index in [0.717, 1.165) is 13.2 Å². The lowest BCUT2D eigenvalue weighted by Gasteiger charge is -2.12. The molecular weight excluding hydrogens is 371 g/mol. The van der Waals surface area contributed by atoms with Crippen molar-refractivity contribution in [3.8, 4) is 0 Å². The number of nitrogens with two attached hydrogens (primary N) is 2. The zero-order valence-corrected chi connectivity index (χ0v) is 16.3. The quantitative estimate of drug-likeness (QED) is 0.814. The number of hydrogen-bond donors (Lipinski definition) is 2. The normalized spacial score (nSPS) is 26.8. The van der Waals surface area contributed by atoms with Crippen LogP contribution >= 0.6 is 24.8 Å². The van der Waals surface area contributed by atoms with Gasteiger partial charge in [-0.1, -0.05) is 60.7 Å². The van der Waals surface area contributed by atoms with Crippen LogP contribution in [0.15, 0.2) is 60.7 Å². The molecular formula is C20H28Cl2N2O2. The highest BCUT2D eigenvalue weighted by molar-refractivity contribution is 5.85. The van der Waals surface area contributed by atoms with Crippen LogP contribution in [0.3, 0.4) is 0 Å². The predicted molar refractivity (Wildman–Crippen MR) is 110 cm³/mol. The van der Waals surface area contributed by atoms with Crippen LogP contribution in [-0.2, 0) is 9.47 Å². The van der Waals surface area contributed by atoms with E-state index in [1.165, 1.54) is 11.1 Å². The Labute approximate surface area is 168 Å². The van der Waals surface area contributed by atoms with Crippen LogP contribution < -0.4 is 11.5 Å². The molecule has 0 aromatic heterocycles. The molecule has 2 heterocycles. The lowest BCUT2D eigenvalue weighted by atomic mass is 9.95. The molecule has 144 valence electrons. The SMILES string of the molecule is Cl.Cl.N[C@@H]1COC[C@@H]1c1ccccc1.N[C@H]1COC[C@H]1c1ccccc1. The summed E-state index contributed by atoms with van der Waals surface area (Å²) in [6.45, 7) is 2.93. The van der Waals surface area contributed by atoms with Crippen molar-refractivity contribution in [2.24, 2.45) is 11.5 Å². The van der Waals surface area contributed by atoms with E-state index in [9.17, 15) is 0 Å². The monoisotopic (exact) mass is 398 g/mol. The molecule has 0 saturated carbocycles. The number of halogens is 2. The average Bonchev–Trinajstić information content (AvgIpc) is 3.25. The number of hydrogen-bond acceptors (Lipinski definition) is 4. The molecule has 0 spiro atoms. The van der Waals surface area contributed by atoms with Crippen LogP contribution in [0, 0.1) is 0 Å². The molecule has 26 heavy (non-hydrogen) atoms. The summed E-state index contributed by atoms with van der Waals surface area (Å²) in [5.41, 5.74) is 14.4. The molecule has 4 atom stereocenters. The molecule has 0 bridgehead atoms. The largest absolute Gasteiger partial charge is 0.379 e. The Hall–Kier alpha value is -1.14. The first kappa shape index (κ1) is 22.9. The maximum Gasteiger partial charge on any atom is 0.0624 e. The molecule has 0 aliphatic carbocycles. The molecule has 2 aromatic rings. The van der Waals surface area contributed by atoms with Gasteiger partial charge in [-0.25, -0.2) is 0 Å². The van der Waals surface area contributed by atoms with E-state index in [1.54, 1.807) is 0 Å². The van der Waals surface area contributed by atoms with Gasteiger partial charge in [0.05, 0.1) is 26.4 Å². The fourth-order valence-corrected chi connectivity index (χ4v) is 3.23. The summed E-state index contributed by atoms with van der Waals surface area (Å²) in [4.78, 5) is 0. The third-order valence-electron chi connectivity index (χ3n) is 4.70. The zero-order chi connectivity index (χ0) is 16.8. The first-order valence-corrected chi connectivity index (χ1v) is 8.52. The van der Waals surface area contributed by atoms with E-state index in [4.69, 9.17) is 20.9 Å². The number of ether oxygens (including phenoxy) is 2. The number of benzene rings is 2. The van der Waals surface area contributed by atoms with Crippen molar-refractivity contribution in [3.05, 3.63) is 71.8 Å². The van der Waals surface area contributed by atoms with Crippen LogP contribution in [0.4, 0.5) is 0 Å². The fraction of sp³-hybridized carbons (Fsp3) is 0.400. The van der Waals surface area contributed by atoms with Crippen LogP contribution in [-0.4, -0.2) is 38.5 Å². The van der Waals surface area contributed by atoms with E-state index in [2.05, 4.69) is 24.3 Å². The number of rotatable bonds is 2. The molecule has 4 N–H and O–H groups in total. The van der Waals surface area contributed by atoms with Crippen LogP contribution in [0.25, 0.3) is 0 Å². The second kappa shape index (κ2) is 11.5. The van der Waals surface area contributed by atoms with Gasteiger partial charge in [0.15, 0.2) is 0 Å². The van der Waals surface area contributed by atoms with Gasteiger partial charge in [0.2, 0.25) is 0 Å². The Morgan fingerprint density at radius 1 is 0.577 bits per heavy atom. The van der Waals surface area contributed by atoms with Crippen molar-refractivity contribution in [2.75, 3.05) is 26.4 Å². The lowest BCUT2D eigenvalue weighted by molar-refractivity contribution is 0.191. The minimum atomic E-state index is 0. The van der Waals surface area contributed by atoms with E-state index < -0.39 is 0 Å². The van der Waals surface area contributed by atoms with Gasteiger partial charge >= 0.3 is 0 Å². The highest BCUT2D eigenvalue weighted by Crippen LogP contribution is 2.24. The first-order chi connectivity index (χ1) is 11.8. The van der Waals surface area contributed by atoms with Crippen molar-refractivity contribution >= 4 is 24.8 Å². The third-order valence-corrected chi connectivity index (χ3v) is 4.70. The van der Waals surface area contributed by atoms with Gasteiger partial charge < -0.3 is 20.9 Å². The summed E-state index contributed by atoms with van der Waals surface area (Å²) in [6.07, 6.45) is 0. The Balaban J connectivity index is 0.000000241. The summed E-state index contributed by atoms with van der Waals surface area (Å²) in [5.74, 6) is 0.789. The maximum absolute atomic E-state index is 5.89. The van der Waals surface area contributed by atoms with Gasteiger partial charge in [0.1, 0.15) is 0 Å². The van der Waals surface area contributed by atoms with Gasteiger partial charge in [0.25, 0.3) is 0 Å². The summed E-state index contributed by atoms with van der Waals surface area (Å²) < 4.78 is 10.6. The fourth-order valence-electron chi connectivity index (χ4n) is 3.23. The maximum atomic E-state index is 5.89. The van der Waals surface area contributed by atoms with Crippen molar-refractivity contribution in [1.82, 2.24) is 0 Å². The van der Waals surface area contributed by atoms with Crippen molar-refractivity contribution in [2.45, 2.75) is 23.9 Å². The second-order valence-electron chi connectivity index (χ2n) is 6.44. The summed E-state index contributed by atoms with van der Waals surface area (Å²) in [7, 11) is 0. The van der Waals surface area contributed by atoms with Crippen molar-refractivity contribution < 1.29 is 9.47 Å². The molecule has 2 aliphatic heterocycles. The van der Waals surface area contributed by atoms with Gasteiger partial charge in [-0.05, 0) is 11.1 Å². The predicted octanol–water partition coefficient (Wildman–Crippen LogP) is 3.10. The standard InChI is InChI=1S/2C10H13NO.2ClH/c2*11-10-7-12-6-9(10)8-4-2-1-3-5-8;;/h2*1-5,9-10H,6-7,11H2;2*1H/t2*9-,10-;;/m10../s1. The molecule has 2 aliphatic rings. The van der Waals surface area contributed by atoms with E-state index in [0.29, 0.717) is 25.0 Å². The smallest absolute Gasteiger partial charge is 0.0624 e. The van der Waals surface area contributed by atoms with E-state index >= 15 is 0 Å². The van der Waals surface area contributed by atoms with Crippen molar-refractivity contribution in [1.29, 1.82) is 0 Å². The van der Waals surface area contributed by atoms with Gasteiger partial charge in [-0.3, -0.25) is 0 Å². The highest BCUT2D eigenvalue weighted by atomic mass is 35.5. The second-order valence-corrected chi connectivity index (χ2v) is 6.44. The molecule has 2 saturated heterocycles. The van der Waals surface area contributed by atoms with Gasteiger partial charge in [0, 0.05) is 23.9 Å². The van der Waals surface area contributed by atoms with Crippen molar-refractivity contribution in [3.63, 3.8) is 0 Å². The molecule has 0 radical (unpaired) electrons. The minimum absolute atomic E-state index is 0. The third kappa shape index (κ3) is 5.95. The van der Waals surface area contributed by atoms with E-state index in [1.807, 2.05) is 36.4 Å². The molecule has 0 amide bonds. The summed E-state index contributed by atoms with van der Waals surface area (Å²) in [6, 6.07) is 21.0. The molecule has 2 aromatic carbocycles. The molecule has 0 unspecified atom stereocenters. The van der Waals surface area contributed by atoms with Crippen LogP contribution in [0.2, 0.25) is 0 Å². The average molecular weight is 399 g/mol. The molecule has 2 fully saturated rings. The Morgan fingerprint density at radius 2 is 0.923 bits per heavy atom. The molecule has 6 heteroatoms. The van der Waals surface area contributed by atoms with Crippen LogP contribution in [0.5, 0.6) is 0 Å². The van der Waals surface area contributed by atoms with Gasteiger partial charge in [-0.2, -0.15) is 0 Å². The van der Waals surface area contributed by atoms with Crippen LogP contribution in [0.1, 0.15) is 23.0 Å².